The van der Waals surface area contributed by atoms with E-state index in [0.717, 1.165) is 71.2 Å². The molecule has 0 fully saturated rings. The summed E-state index contributed by atoms with van der Waals surface area (Å²) in [5, 5.41) is 1.03. The summed E-state index contributed by atoms with van der Waals surface area (Å²) < 4.78 is 17.1. The highest BCUT2D eigenvalue weighted by Crippen LogP contribution is 2.38. The minimum absolute atomic E-state index is 0.209. The summed E-state index contributed by atoms with van der Waals surface area (Å²) in [5.41, 5.74) is 5.88. The van der Waals surface area contributed by atoms with Gasteiger partial charge in [-0.25, -0.2) is 9.59 Å². The van der Waals surface area contributed by atoms with E-state index < -0.39 is 0 Å². The zero-order valence-electron chi connectivity index (χ0n) is 18.5. The van der Waals surface area contributed by atoms with E-state index in [1.165, 1.54) is 0 Å². The number of esters is 1. The molecule has 2 aliphatic rings. The smallest absolute Gasteiger partial charge is 0.339 e. The molecular formula is C26H27NO5. The third-order valence-electron chi connectivity index (χ3n) is 6.45. The van der Waals surface area contributed by atoms with Gasteiger partial charge in [-0.15, -0.1) is 0 Å². The molecule has 166 valence electrons. The van der Waals surface area contributed by atoms with Crippen LogP contribution in [-0.4, -0.2) is 19.3 Å². The Hall–Kier alpha value is -3.28. The molecule has 1 aliphatic carbocycles. The van der Waals surface area contributed by atoms with Crippen LogP contribution in [0.2, 0.25) is 0 Å². The first-order valence-electron chi connectivity index (χ1n) is 11.3. The number of anilines is 1. The Morgan fingerprint density at radius 1 is 1.16 bits per heavy atom. The van der Waals surface area contributed by atoms with Crippen LogP contribution in [0.4, 0.5) is 5.69 Å². The minimum atomic E-state index is -0.289. The van der Waals surface area contributed by atoms with Crippen molar-refractivity contribution in [1.29, 1.82) is 0 Å². The molecule has 3 aromatic rings. The molecule has 32 heavy (non-hydrogen) atoms. The Kier molecular flexibility index (Phi) is 5.37. The number of hydrogen-bond donors (Lipinski definition) is 0. The number of hydrogen-bond acceptors (Lipinski definition) is 6. The van der Waals surface area contributed by atoms with Crippen LogP contribution in [0.5, 0.6) is 5.75 Å². The average molecular weight is 434 g/mol. The molecule has 0 spiro atoms. The summed E-state index contributed by atoms with van der Waals surface area (Å²) in [7, 11) is 0. The molecule has 2 aromatic carbocycles. The lowest BCUT2D eigenvalue weighted by Crippen LogP contribution is -2.32. The summed E-state index contributed by atoms with van der Waals surface area (Å²) in [5.74, 6) is 0.508. The van der Waals surface area contributed by atoms with Crippen molar-refractivity contribution in [2.75, 3.05) is 18.2 Å². The average Bonchev–Trinajstić information content (AvgIpc) is 3.31. The SMILES string of the molecule is CCCCOC(=O)c1ccc(N2COc3c(cc4c5c(c(=O)oc4c3C)CCC5)C2)cc1. The van der Waals surface area contributed by atoms with Crippen LogP contribution in [0.3, 0.4) is 0 Å². The molecule has 0 saturated carbocycles. The Morgan fingerprint density at radius 3 is 2.72 bits per heavy atom. The normalized spacial score (nSPS) is 14.8. The third kappa shape index (κ3) is 3.53. The molecule has 1 aromatic heterocycles. The summed E-state index contributed by atoms with van der Waals surface area (Å²) in [6.07, 6.45) is 4.56. The number of unbranched alkanes of at least 4 members (excludes halogenated alkanes) is 1. The minimum Gasteiger partial charge on any atom is -0.472 e. The van der Waals surface area contributed by atoms with E-state index in [4.69, 9.17) is 13.9 Å². The van der Waals surface area contributed by atoms with Gasteiger partial charge >= 0.3 is 11.6 Å². The number of carbonyl (C=O) groups excluding carboxylic acids is 1. The number of benzene rings is 2. The van der Waals surface area contributed by atoms with E-state index in [-0.39, 0.29) is 11.6 Å². The predicted octanol–water partition coefficient (Wildman–Crippen LogP) is 4.90. The molecular weight excluding hydrogens is 406 g/mol. The van der Waals surface area contributed by atoms with Crippen LogP contribution in [0.25, 0.3) is 11.0 Å². The highest BCUT2D eigenvalue weighted by molar-refractivity contribution is 5.90. The first-order valence-corrected chi connectivity index (χ1v) is 11.3. The largest absolute Gasteiger partial charge is 0.472 e. The molecule has 6 nitrogen and oxygen atoms in total. The van der Waals surface area contributed by atoms with Crippen LogP contribution >= 0.6 is 0 Å². The van der Waals surface area contributed by atoms with Crippen molar-refractivity contribution in [3.05, 3.63) is 68.6 Å². The predicted molar refractivity (Wildman–Crippen MR) is 123 cm³/mol. The Labute approximate surface area is 186 Å². The highest BCUT2D eigenvalue weighted by Gasteiger charge is 2.26. The molecule has 0 saturated heterocycles. The van der Waals surface area contributed by atoms with Gasteiger partial charge in [-0.3, -0.25) is 0 Å². The summed E-state index contributed by atoms with van der Waals surface area (Å²) in [4.78, 5) is 26.7. The molecule has 0 radical (unpaired) electrons. The first-order chi connectivity index (χ1) is 15.6. The lowest BCUT2D eigenvalue weighted by Gasteiger charge is -2.32. The number of rotatable bonds is 5. The molecule has 2 heterocycles. The summed E-state index contributed by atoms with van der Waals surface area (Å²) in [6, 6.07) is 9.57. The van der Waals surface area contributed by atoms with Gasteiger partial charge in [-0.05, 0) is 68.5 Å². The molecule has 0 amide bonds. The van der Waals surface area contributed by atoms with Gasteiger partial charge in [0.25, 0.3) is 0 Å². The third-order valence-corrected chi connectivity index (χ3v) is 6.45. The van der Waals surface area contributed by atoms with Crippen molar-refractivity contribution in [2.45, 2.75) is 52.5 Å². The zero-order valence-corrected chi connectivity index (χ0v) is 18.5. The monoisotopic (exact) mass is 433 g/mol. The lowest BCUT2D eigenvalue weighted by molar-refractivity contribution is 0.0500. The molecule has 0 bridgehead atoms. The van der Waals surface area contributed by atoms with Gasteiger partial charge in [0.15, 0.2) is 6.73 Å². The van der Waals surface area contributed by atoms with E-state index in [1.54, 1.807) is 12.1 Å². The molecule has 6 heteroatoms. The van der Waals surface area contributed by atoms with Crippen molar-refractivity contribution in [3.63, 3.8) is 0 Å². The molecule has 0 atom stereocenters. The maximum absolute atomic E-state index is 12.4. The fourth-order valence-electron chi connectivity index (χ4n) is 4.71. The van der Waals surface area contributed by atoms with Gasteiger partial charge in [0, 0.05) is 34.3 Å². The van der Waals surface area contributed by atoms with Crippen LogP contribution in [0, 0.1) is 6.92 Å². The van der Waals surface area contributed by atoms with Crippen molar-refractivity contribution < 1.29 is 18.7 Å². The van der Waals surface area contributed by atoms with Crippen LogP contribution in [0.15, 0.2) is 39.5 Å². The quantitative estimate of drug-likeness (QED) is 0.324. The molecule has 0 N–H and O–H groups in total. The van der Waals surface area contributed by atoms with Gasteiger partial charge in [0.05, 0.1) is 12.2 Å². The molecule has 1 aliphatic heterocycles. The molecule has 5 rings (SSSR count). The second-order valence-corrected chi connectivity index (χ2v) is 8.57. The number of fused-ring (bicyclic) bond motifs is 4. The second-order valence-electron chi connectivity index (χ2n) is 8.57. The van der Waals surface area contributed by atoms with Crippen LogP contribution in [-0.2, 0) is 24.1 Å². The Bertz CT molecular complexity index is 1240. The fraction of sp³-hybridized carbons (Fsp3) is 0.385. The van der Waals surface area contributed by atoms with Crippen molar-refractivity contribution >= 4 is 22.6 Å². The van der Waals surface area contributed by atoms with Gasteiger partial charge in [-0.1, -0.05) is 13.3 Å². The summed E-state index contributed by atoms with van der Waals surface area (Å²) >= 11 is 0. The number of aryl methyl sites for hydroxylation is 2. The topological polar surface area (TPSA) is 69.0 Å². The van der Waals surface area contributed by atoms with Gasteiger partial charge < -0.3 is 18.8 Å². The van der Waals surface area contributed by atoms with E-state index in [0.29, 0.717) is 31.0 Å². The zero-order chi connectivity index (χ0) is 22.2. The Balaban J connectivity index is 1.42. The fourth-order valence-corrected chi connectivity index (χ4v) is 4.71. The van der Waals surface area contributed by atoms with E-state index in [9.17, 15) is 9.59 Å². The van der Waals surface area contributed by atoms with Crippen molar-refractivity contribution in [3.8, 4) is 5.75 Å². The van der Waals surface area contributed by atoms with Gasteiger partial charge in [-0.2, -0.15) is 0 Å². The van der Waals surface area contributed by atoms with Gasteiger partial charge in [0.2, 0.25) is 0 Å². The van der Waals surface area contributed by atoms with Crippen LogP contribution in [0.1, 0.15) is 58.8 Å². The van der Waals surface area contributed by atoms with Crippen LogP contribution < -0.4 is 15.3 Å². The highest BCUT2D eigenvalue weighted by atomic mass is 16.5. The van der Waals surface area contributed by atoms with E-state index in [2.05, 4.69) is 17.9 Å². The van der Waals surface area contributed by atoms with Gasteiger partial charge in [0.1, 0.15) is 11.3 Å². The van der Waals surface area contributed by atoms with E-state index >= 15 is 0 Å². The molecule has 0 unspecified atom stereocenters. The number of carbonyl (C=O) groups is 1. The first kappa shape index (κ1) is 20.6. The standard InChI is InChI=1S/C26H27NO5/c1-3-4-12-30-25(28)17-8-10-19(11-9-17)27-14-18-13-22-20-6-5-7-21(20)26(29)32-24(22)16(2)23(18)31-15-27/h8-11,13H,3-7,12,14-15H2,1-2H3. The maximum Gasteiger partial charge on any atom is 0.339 e. The maximum atomic E-state index is 12.4. The lowest BCUT2D eigenvalue weighted by atomic mass is 9.99. The van der Waals surface area contributed by atoms with Crippen molar-refractivity contribution in [1.82, 2.24) is 0 Å². The van der Waals surface area contributed by atoms with E-state index in [1.807, 2.05) is 19.1 Å². The number of ether oxygens (including phenoxy) is 2. The summed E-state index contributed by atoms with van der Waals surface area (Å²) in [6.45, 7) is 5.54. The Morgan fingerprint density at radius 2 is 1.94 bits per heavy atom. The second kappa shape index (κ2) is 8.34. The number of nitrogens with zero attached hydrogens (tertiary/aromatic N) is 1. The van der Waals surface area contributed by atoms with Crippen molar-refractivity contribution in [2.24, 2.45) is 0 Å².